The number of hydrogen-bond acceptors (Lipinski definition) is 4. The summed E-state index contributed by atoms with van der Waals surface area (Å²) in [4.78, 5) is 10.4. The standard InChI is InChI=1S/C10H8F2O4S/c11-10(12,9(13)14)17-6-1-2-7-8(5-6)16-4-3-15-7/h1-2,5H,3-4H2,(H,13,14). The van der Waals surface area contributed by atoms with Crippen LogP contribution in [0.5, 0.6) is 11.5 Å². The van der Waals surface area contributed by atoms with Gasteiger partial charge in [0, 0.05) is 4.90 Å². The van der Waals surface area contributed by atoms with Gasteiger partial charge in [-0.15, -0.1) is 0 Å². The molecular weight excluding hydrogens is 254 g/mol. The van der Waals surface area contributed by atoms with E-state index in [1.54, 1.807) is 0 Å². The summed E-state index contributed by atoms with van der Waals surface area (Å²) in [5.41, 5.74) is 0. The van der Waals surface area contributed by atoms with Crippen molar-refractivity contribution in [2.45, 2.75) is 10.2 Å². The molecular formula is C10H8F2O4S. The smallest absolute Gasteiger partial charge is 0.393 e. The number of alkyl halides is 2. The lowest BCUT2D eigenvalue weighted by Crippen LogP contribution is -2.23. The maximum Gasteiger partial charge on any atom is 0.393 e. The largest absolute Gasteiger partial charge is 0.486 e. The average molecular weight is 262 g/mol. The molecule has 1 aliphatic rings. The molecule has 7 heteroatoms. The minimum atomic E-state index is -3.86. The Morgan fingerprint density at radius 1 is 1.29 bits per heavy atom. The number of carboxylic acids is 1. The number of carbonyl (C=O) groups is 1. The van der Waals surface area contributed by atoms with Crippen molar-refractivity contribution in [1.29, 1.82) is 0 Å². The van der Waals surface area contributed by atoms with Crippen molar-refractivity contribution >= 4 is 17.7 Å². The summed E-state index contributed by atoms with van der Waals surface area (Å²) in [6.45, 7) is 0.751. The second-order valence-electron chi connectivity index (χ2n) is 3.23. The highest BCUT2D eigenvalue weighted by molar-refractivity contribution is 8.01. The third-order valence-corrected chi connectivity index (χ3v) is 2.93. The number of carboxylic acid groups (broad SMARTS) is 1. The Hall–Kier alpha value is -1.50. The van der Waals surface area contributed by atoms with E-state index in [-0.39, 0.29) is 16.7 Å². The molecule has 92 valence electrons. The van der Waals surface area contributed by atoms with Gasteiger partial charge in [0.05, 0.1) is 0 Å². The van der Waals surface area contributed by atoms with Gasteiger partial charge in [-0.2, -0.15) is 8.78 Å². The van der Waals surface area contributed by atoms with Crippen LogP contribution in [-0.4, -0.2) is 29.5 Å². The van der Waals surface area contributed by atoms with Gasteiger partial charge in [-0.05, 0) is 30.0 Å². The summed E-state index contributed by atoms with van der Waals surface area (Å²) >= 11 is -0.0416. The van der Waals surface area contributed by atoms with Gasteiger partial charge >= 0.3 is 11.2 Å². The Bertz CT molecular complexity index is 450. The SMILES string of the molecule is O=C(O)C(F)(F)Sc1ccc2c(c1)OCCO2. The van der Waals surface area contributed by atoms with Crippen molar-refractivity contribution < 1.29 is 28.2 Å². The maximum absolute atomic E-state index is 13.0. The molecule has 1 aliphatic heterocycles. The van der Waals surface area contributed by atoms with Crippen LogP contribution < -0.4 is 9.47 Å². The monoisotopic (exact) mass is 262 g/mol. The second kappa shape index (κ2) is 4.40. The zero-order chi connectivity index (χ0) is 12.5. The fraction of sp³-hybridized carbons (Fsp3) is 0.300. The third-order valence-electron chi connectivity index (χ3n) is 2.01. The fourth-order valence-electron chi connectivity index (χ4n) is 1.28. The molecule has 0 saturated heterocycles. The molecule has 0 aliphatic carbocycles. The Morgan fingerprint density at radius 2 is 1.94 bits per heavy atom. The van der Waals surface area contributed by atoms with Crippen LogP contribution in [0.2, 0.25) is 0 Å². The number of hydrogen-bond donors (Lipinski definition) is 1. The van der Waals surface area contributed by atoms with E-state index in [2.05, 4.69) is 0 Å². The molecule has 4 nitrogen and oxygen atoms in total. The average Bonchev–Trinajstić information content (AvgIpc) is 2.28. The molecule has 0 unspecified atom stereocenters. The Kier molecular flexibility index (Phi) is 3.10. The van der Waals surface area contributed by atoms with Crippen LogP contribution in [0.1, 0.15) is 0 Å². The normalized spacial score (nSPS) is 14.5. The summed E-state index contributed by atoms with van der Waals surface area (Å²) < 4.78 is 36.3. The van der Waals surface area contributed by atoms with Crippen LogP contribution in [0, 0.1) is 0 Å². The number of aliphatic carboxylic acids is 1. The first-order valence-electron chi connectivity index (χ1n) is 4.69. The molecule has 2 rings (SSSR count). The minimum absolute atomic E-state index is 0.0416. The van der Waals surface area contributed by atoms with Crippen LogP contribution in [0.4, 0.5) is 8.78 Å². The van der Waals surface area contributed by atoms with Crippen molar-refractivity contribution in [1.82, 2.24) is 0 Å². The molecule has 0 aromatic heterocycles. The molecule has 0 saturated carbocycles. The van der Waals surface area contributed by atoms with Gasteiger partial charge in [0.1, 0.15) is 13.2 Å². The van der Waals surface area contributed by atoms with Crippen LogP contribution in [0.3, 0.4) is 0 Å². The van der Waals surface area contributed by atoms with E-state index in [1.165, 1.54) is 18.2 Å². The molecule has 1 aromatic rings. The lowest BCUT2D eigenvalue weighted by molar-refractivity contribution is -0.152. The van der Waals surface area contributed by atoms with E-state index in [0.29, 0.717) is 24.7 Å². The first-order chi connectivity index (χ1) is 7.99. The van der Waals surface area contributed by atoms with Gasteiger partial charge in [0.25, 0.3) is 0 Å². The van der Waals surface area contributed by atoms with E-state index in [4.69, 9.17) is 14.6 Å². The van der Waals surface area contributed by atoms with Gasteiger partial charge in [-0.1, -0.05) is 0 Å². The van der Waals surface area contributed by atoms with E-state index >= 15 is 0 Å². The molecule has 0 radical (unpaired) electrons. The summed E-state index contributed by atoms with van der Waals surface area (Å²) in [6.07, 6.45) is 0. The molecule has 1 heterocycles. The summed E-state index contributed by atoms with van der Waals surface area (Å²) in [5.74, 6) is -1.35. The number of ether oxygens (including phenoxy) is 2. The Balaban J connectivity index is 2.20. The van der Waals surface area contributed by atoms with E-state index in [0.717, 1.165) is 0 Å². The van der Waals surface area contributed by atoms with Crippen molar-refractivity contribution in [2.24, 2.45) is 0 Å². The highest BCUT2D eigenvalue weighted by atomic mass is 32.2. The highest BCUT2D eigenvalue weighted by Crippen LogP contribution is 2.40. The van der Waals surface area contributed by atoms with Gasteiger partial charge in [-0.25, -0.2) is 4.79 Å². The van der Waals surface area contributed by atoms with E-state index in [1.807, 2.05) is 0 Å². The summed E-state index contributed by atoms with van der Waals surface area (Å²) in [7, 11) is 0. The molecule has 0 atom stereocenters. The molecule has 0 spiro atoms. The lowest BCUT2D eigenvalue weighted by Gasteiger charge is -2.19. The fourth-order valence-corrected chi connectivity index (χ4v) is 1.96. The Labute approximate surface area is 99.5 Å². The number of rotatable bonds is 3. The topological polar surface area (TPSA) is 55.8 Å². The maximum atomic E-state index is 13.0. The van der Waals surface area contributed by atoms with E-state index in [9.17, 15) is 13.6 Å². The second-order valence-corrected chi connectivity index (χ2v) is 4.42. The summed E-state index contributed by atoms with van der Waals surface area (Å²) in [6, 6.07) is 4.19. The van der Waals surface area contributed by atoms with Crippen LogP contribution in [-0.2, 0) is 4.79 Å². The minimum Gasteiger partial charge on any atom is -0.486 e. The Morgan fingerprint density at radius 3 is 2.59 bits per heavy atom. The van der Waals surface area contributed by atoms with Crippen LogP contribution in [0.25, 0.3) is 0 Å². The van der Waals surface area contributed by atoms with Gasteiger partial charge < -0.3 is 14.6 Å². The predicted octanol–water partition coefficient (Wildman–Crippen LogP) is 2.23. The zero-order valence-corrected chi connectivity index (χ0v) is 9.30. The number of halogens is 2. The highest BCUT2D eigenvalue weighted by Gasteiger charge is 2.40. The van der Waals surface area contributed by atoms with Crippen molar-refractivity contribution in [3.63, 3.8) is 0 Å². The van der Waals surface area contributed by atoms with Crippen molar-refractivity contribution in [3.05, 3.63) is 18.2 Å². The molecule has 0 fully saturated rings. The van der Waals surface area contributed by atoms with Crippen molar-refractivity contribution in [3.8, 4) is 11.5 Å². The van der Waals surface area contributed by atoms with Gasteiger partial charge in [0.2, 0.25) is 0 Å². The van der Waals surface area contributed by atoms with Gasteiger partial charge in [0.15, 0.2) is 11.5 Å². The van der Waals surface area contributed by atoms with Crippen LogP contribution >= 0.6 is 11.8 Å². The molecule has 0 amide bonds. The van der Waals surface area contributed by atoms with Gasteiger partial charge in [-0.3, -0.25) is 0 Å². The molecule has 1 aromatic carbocycles. The molecule has 1 N–H and O–H groups in total. The predicted molar refractivity (Wildman–Crippen MR) is 55.9 cm³/mol. The van der Waals surface area contributed by atoms with Crippen LogP contribution in [0.15, 0.2) is 23.1 Å². The summed E-state index contributed by atoms with van der Waals surface area (Å²) in [5, 5.41) is 4.46. The van der Waals surface area contributed by atoms with E-state index < -0.39 is 11.2 Å². The lowest BCUT2D eigenvalue weighted by atomic mass is 10.3. The third kappa shape index (κ3) is 2.60. The quantitative estimate of drug-likeness (QED) is 0.846. The zero-order valence-electron chi connectivity index (χ0n) is 8.48. The number of thioether (sulfide) groups is 1. The number of fused-ring (bicyclic) bond motifs is 1. The first kappa shape index (κ1) is 12.0. The number of benzene rings is 1. The van der Waals surface area contributed by atoms with Crippen molar-refractivity contribution in [2.75, 3.05) is 13.2 Å². The molecule has 0 bridgehead atoms. The molecule has 17 heavy (non-hydrogen) atoms. The first-order valence-corrected chi connectivity index (χ1v) is 5.50.